The zero-order valence-corrected chi connectivity index (χ0v) is 15.0. The van der Waals surface area contributed by atoms with Gasteiger partial charge in [0.1, 0.15) is 4.99 Å². The first-order valence-corrected chi connectivity index (χ1v) is 8.80. The molecule has 126 valence electrons. The fourth-order valence-corrected chi connectivity index (χ4v) is 3.02. The van der Waals surface area contributed by atoms with Crippen LogP contribution >= 0.6 is 12.2 Å². The van der Waals surface area contributed by atoms with Crippen LogP contribution < -0.4 is 5.73 Å². The van der Waals surface area contributed by atoms with Gasteiger partial charge in [-0.2, -0.15) is 0 Å². The summed E-state index contributed by atoms with van der Waals surface area (Å²) in [4.78, 5) is 2.89. The lowest BCUT2D eigenvalue weighted by Gasteiger charge is -2.23. The zero-order chi connectivity index (χ0) is 17.5. The summed E-state index contributed by atoms with van der Waals surface area (Å²) in [6, 6.07) is 29.4. The van der Waals surface area contributed by atoms with Crippen molar-refractivity contribution >= 4 is 17.2 Å². The Bertz CT molecular complexity index is 757. The first kappa shape index (κ1) is 17.3. The second-order valence-electron chi connectivity index (χ2n) is 6.18. The number of hydrogen-bond donors (Lipinski definition) is 1. The number of rotatable bonds is 7. The van der Waals surface area contributed by atoms with Crippen molar-refractivity contribution in [1.29, 1.82) is 0 Å². The molecule has 0 unspecified atom stereocenters. The van der Waals surface area contributed by atoms with Gasteiger partial charge >= 0.3 is 0 Å². The third-order valence-electron chi connectivity index (χ3n) is 4.14. The van der Waals surface area contributed by atoms with Crippen LogP contribution in [-0.4, -0.2) is 9.89 Å². The maximum absolute atomic E-state index is 5.69. The molecule has 2 N–H and O–H groups in total. The molecule has 0 saturated carbocycles. The van der Waals surface area contributed by atoms with E-state index >= 15 is 0 Å². The van der Waals surface area contributed by atoms with Gasteiger partial charge < -0.3 is 5.73 Å². The van der Waals surface area contributed by atoms with E-state index in [0.29, 0.717) is 4.99 Å². The van der Waals surface area contributed by atoms with Gasteiger partial charge in [0, 0.05) is 25.2 Å². The minimum absolute atomic E-state index is 0.442. The van der Waals surface area contributed by atoms with E-state index in [1.807, 2.05) is 12.1 Å². The predicted octanol–water partition coefficient (Wildman–Crippen LogP) is 4.52. The molecule has 3 aromatic carbocycles. The Morgan fingerprint density at radius 1 is 0.640 bits per heavy atom. The number of nitrogens with zero attached hydrogens (tertiary/aromatic N) is 1. The number of hydrogen-bond acceptors (Lipinski definition) is 2. The van der Waals surface area contributed by atoms with Crippen LogP contribution in [0.2, 0.25) is 0 Å². The largest absolute Gasteiger partial charge is 0.389 e. The van der Waals surface area contributed by atoms with E-state index in [-0.39, 0.29) is 0 Å². The van der Waals surface area contributed by atoms with Gasteiger partial charge in [-0.05, 0) is 16.7 Å². The SMILES string of the molecule is NC(=S)c1ccc(CN(Cc2ccccc2)Cc2ccccc2)cc1. The molecule has 3 heteroatoms. The lowest BCUT2D eigenvalue weighted by atomic mass is 10.1. The molecule has 0 heterocycles. The summed E-state index contributed by atoms with van der Waals surface area (Å²) in [6.45, 7) is 2.70. The monoisotopic (exact) mass is 346 g/mol. The Labute approximate surface area is 154 Å². The number of benzene rings is 3. The summed E-state index contributed by atoms with van der Waals surface area (Å²) in [5.74, 6) is 0. The highest BCUT2D eigenvalue weighted by Gasteiger charge is 2.09. The summed E-state index contributed by atoms with van der Waals surface area (Å²) in [7, 11) is 0. The van der Waals surface area contributed by atoms with Gasteiger partial charge in [0.05, 0.1) is 0 Å². The van der Waals surface area contributed by atoms with Crippen molar-refractivity contribution in [2.75, 3.05) is 0 Å². The molecular formula is C22H22N2S. The fourth-order valence-electron chi connectivity index (χ4n) is 2.88. The summed E-state index contributed by atoms with van der Waals surface area (Å²) in [6.07, 6.45) is 0. The van der Waals surface area contributed by atoms with Crippen molar-refractivity contribution in [3.05, 3.63) is 107 Å². The van der Waals surface area contributed by atoms with E-state index in [9.17, 15) is 0 Å². The maximum Gasteiger partial charge on any atom is 0.103 e. The van der Waals surface area contributed by atoms with Gasteiger partial charge in [0.2, 0.25) is 0 Å². The van der Waals surface area contributed by atoms with E-state index in [1.54, 1.807) is 0 Å². The van der Waals surface area contributed by atoms with Crippen molar-refractivity contribution < 1.29 is 0 Å². The lowest BCUT2D eigenvalue weighted by molar-refractivity contribution is 0.247. The zero-order valence-electron chi connectivity index (χ0n) is 14.1. The Kier molecular flexibility index (Phi) is 5.94. The van der Waals surface area contributed by atoms with Crippen LogP contribution in [0.5, 0.6) is 0 Å². The molecule has 3 rings (SSSR count). The van der Waals surface area contributed by atoms with Gasteiger partial charge in [-0.3, -0.25) is 4.90 Å². The van der Waals surface area contributed by atoms with Crippen molar-refractivity contribution in [3.63, 3.8) is 0 Å². The van der Waals surface area contributed by atoms with Crippen LogP contribution in [0.4, 0.5) is 0 Å². The summed E-state index contributed by atoms with van der Waals surface area (Å²) in [5.41, 5.74) is 10.5. The first-order valence-electron chi connectivity index (χ1n) is 8.39. The molecular weight excluding hydrogens is 324 g/mol. The second-order valence-corrected chi connectivity index (χ2v) is 6.62. The highest BCUT2D eigenvalue weighted by Crippen LogP contribution is 2.15. The molecule has 2 nitrogen and oxygen atoms in total. The summed E-state index contributed by atoms with van der Waals surface area (Å²) >= 11 is 5.03. The third kappa shape index (κ3) is 5.24. The predicted molar refractivity (Wildman–Crippen MR) is 108 cm³/mol. The topological polar surface area (TPSA) is 29.3 Å². The van der Waals surface area contributed by atoms with Crippen molar-refractivity contribution in [2.24, 2.45) is 5.73 Å². The highest BCUT2D eigenvalue weighted by molar-refractivity contribution is 7.80. The van der Waals surface area contributed by atoms with Crippen LogP contribution in [0.3, 0.4) is 0 Å². The molecule has 0 bridgehead atoms. The van der Waals surface area contributed by atoms with Crippen LogP contribution in [0, 0.1) is 0 Å². The molecule has 3 aromatic rings. The van der Waals surface area contributed by atoms with Crippen molar-refractivity contribution in [2.45, 2.75) is 19.6 Å². The smallest absolute Gasteiger partial charge is 0.103 e. The van der Waals surface area contributed by atoms with Gasteiger partial charge in [0.15, 0.2) is 0 Å². The molecule has 0 fully saturated rings. The Morgan fingerprint density at radius 2 is 1.04 bits per heavy atom. The second kappa shape index (κ2) is 8.56. The average Bonchev–Trinajstić information content (AvgIpc) is 2.64. The van der Waals surface area contributed by atoms with Crippen LogP contribution in [0.1, 0.15) is 22.3 Å². The molecule has 0 aliphatic rings. The quantitative estimate of drug-likeness (QED) is 0.638. The molecule has 0 radical (unpaired) electrons. The van der Waals surface area contributed by atoms with Crippen LogP contribution in [0.25, 0.3) is 0 Å². The summed E-state index contributed by atoms with van der Waals surface area (Å²) < 4.78 is 0. The van der Waals surface area contributed by atoms with Crippen molar-refractivity contribution in [1.82, 2.24) is 4.90 Å². The molecule has 0 amide bonds. The maximum atomic E-state index is 5.69. The molecule has 0 aromatic heterocycles. The lowest BCUT2D eigenvalue weighted by Crippen LogP contribution is -2.22. The molecule has 0 spiro atoms. The van der Waals surface area contributed by atoms with E-state index in [0.717, 1.165) is 25.2 Å². The minimum Gasteiger partial charge on any atom is -0.389 e. The first-order chi connectivity index (χ1) is 12.2. The van der Waals surface area contributed by atoms with Gasteiger partial charge in [0.25, 0.3) is 0 Å². The number of thiocarbonyl (C=S) groups is 1. The minimum atomic E-state index is 0.442. The van der Waals surface area contributed by atoms with Crippen LogP contribution in [-0.2, 0) is 19.6 Å². The Balaban J connectivity index is 1.76. The van der Waals surface area contributed by atoms with E-state index in [2.05, 4.69) is 77.7 Å². The van der Waals surface area contributed by atoms with E-state index in [1.165, 1.54) is 16.7 Å². The van der Waals surface area contributed by atoms with Gasteiger partial charge in [-0.15, -0.1) is 0 Å². The van der Waals surface area contributed by atoms with E-state index < -0.39 is 0 Å². The van der Waals surface area contributed by atoms with Crippen molar-refractivity contribution in [3.8, 4) is 0 Å². The Morgan fingerprint density at radius 3 is 1.44 bits per heavy atom. The van der Waals surface area contributed by atoms with Gasteiger partial charge in [-0.1, -0.05) is 97.1 Å². The van der Waals surface area contributed by atoms with Gasteiger partial charge in [-0.25, -0.2) is 0 Å². The highest BCUT2D eigenvalue weighted by atomic mass is 32.1. The molecule has 25 heavy (non-hydrogen) atoms. The van der Waals surface area contributed by atoms with E-state index in [4.69, 9.17) is 18.0 Å². The standard InChI is InChI=1S/C22H22N2S/c23-22(25)21-13-11-20(12-14-21)17-24(15-18-7-3-1-4-8-18)16-19-9-5-2-6-10-19/h1-14H,15-17H2,(H2,23,25). The normalized spacial score (nSPS) is 10.8. The molecule has 0 saturated heterocycles. The molecule has 0 aliphatic carbocycles. The number of nitrogens with two attached hydrogens (primary N) is 1. The molecule has 0 atom stereocenters. The Hall–Kier alpha value is -2.49. The third-order valence-corrected chi connectivity index (χ3v) is 4.38. The fraction of sp³-hybridized carbons (Fsp3) is 0.136. The van der Waals surface area contributed by atoms with Crippen LogP contribution in [0.15, 0.2) is 84.9 Å². The average molecular weight is 346 g/mol. The molecule has 0 aliphatic heterocycles. The summed E-state index contributed by atoms with van der Waals surface area (Å²) in [5, 5.41) is 0.